The second-order valence-corrected chi connectivity index (χ2v) is 6.29. The van der Waals surface area contributed by atoms with Crippen molar-refractivity contribution in [1.82, 2.24) is 4.98 Å². The van der Waals surface area contributed by atoms with Gasteiger partial charge in [0.25, 0.3) is 11.8 Å². The Hall–Kier alpha value is -3.67. The third-order valence-electron chi connectivity index (χ3n) is 4.46. The summed E-state index contributed by atoms with van der Waals surface area (Å²) in [6.45, 7) is 3.93. The number of para-hydroxylation sites is 2. The van der Waals surface area contributed by atoms with Crippen LogP contribution in [0.2, 0.25) is 0 Å². The summed E-state index contributed by atoms with van der Waals surface area (Å²) in [5.41, 5.74) is 3.84. The molecule has 0 saturated heterocycles. The maximum Gasteiger partial charge on any atom is 0.274 e. The Bertz CT molecular complexity index is 1030. The van der Waals surface area contributed by atoms with E-state index in [0.717, 1.165) is 16.8 Å². The van der Waals surface area contributed by atoms with Crippen molar-refractivity contribution in [1.29, 1.82) is 0 Å². The summed E-state index contributed by atoms with van der Waals surface area (Å²) >= 11 is 0. The summed E-state index contributed by atoms with van der Waals surface area (Å²) < 4.78 is 5.23. The number of nitrogens with zero attached hydrogens (tertiary/aromatic N) is 1. The lowest BCUT2D eigenvalue weighted by molar-refractivity contribution is 0.102. The third kappa shape index (κ3) is 4.17. The molecule has 0 saturated carbocycles. The highest BCUT2D eigenvalue weighted by Gasteiger charge is 2.14. The Balaban J connectivity index is 1.78. The van der Waals surface area contributed by atoms with Crippen LogP contribution in [0, 0.1) is 13.8 Å². The molecule has 0 aliphatic heterocycles. The maximum atomic E-state index is 12.6. The van der Waals surface area contributed by atoms with E-state index >= 15 is 0 Å². The quantitative estimate of drug-likeness (QED) is 0.700. The van der Waals surface area contributed by atoms with Gasteiger partial charge in [0.15, 0.2) is 0 Å². The highest BCUT2D eigenvalue weighted by atomic mass is 16.5. The van der Waals surface area contributed by atoms with Crippen LogP contribution in [0.3, 0.4) is 0 Å². The van der Waals surface area contributed by atoms with Gasteiger partial charge in [0.1, 0.15) is 11.4 Å². The van der Waals surface area contributed by atoms with E-state index in [9.17, 15) is 9.59 Å². The van der Waals surface area contributed by atoms with E-state index < -0.39 is 5.91 Å². The number of carbonyl (C=O) groups excluding carboxylic acids is 2. The highest BCUT2D eigenvalue weighted by Crippen LogP contribution is 2.23. The van der Waals surface area contributed by atoms with E-state index in [1.54, 1.807) is 24.3 Å². The molecule has 0 spiro atoms. The number of hydrogen-bond donors (Lipinski definition) is 2. The molecule has 2 amide bonds. The van der Waals surface area contributed by atoms with Crippen LogP contribution in [-0.2, 0) is 0 Å². The minimum atomic E-state index is -0.425. The van der Waals surface area contributed by atoms with E-state index in [1.165, 1.54) is 19.4 Å². The molecule has 0 atom stereocenters. The van der Waals surface area contributed by atoms with Gasteiger partial charge in [0.2, 0.25) is 0 Å². The molecule has 1 heterocycles. The average Bonchev–Trinajstić information content (AvgIpc) is 2.72. The number of carbonyl (C=O) groups is 2. The van der Waals surface area contributed by atoms with Gasteiger partial charge in [0, 0.05) is 17.4 Å². The molecule has 3 rings (SSSR count). The average molecular weight is 375 g/mol. The van der Waals surface area contributed by atoms with Gasteiger partial charge in [-0.1, -0.05) is 24.3 Å². The fourth-order valence-electron chi connectivity index (χ4n) is 2.71. The molecule has 28 heavy (non-hydrogen) atoms. The van der Waals surface area contributed by atoms with Crippen molar-refractivity contribution in [2.75, 3.05) is 17.7 Å². The Morgan fingerprint density at radius 3 is 2.39 bits per heavy atom. The van der Waals surface area contributed by atoms with Gasteiger partial charge in [-0.15, -0.1) is 0 Å². The first-order valence-electron chi connectivity index (χ1n) is 8.77. The summed E-state index contributed by atoms with van der Waals surface area (Å²) in [5.74, 6) is -0.187. The van der Waals surface area contributed by atoms with Crippen molar-refractivity contribution in [3.8, 4) is 5.75 Å². The standard InChI is InChI=1S/C22H21N3O3/c1-14-7-6-9-17(15(14)2)24-21(26)16-11-12-23-19(13-16)22(27)25-18-8-4-5-10-20(18)28-3/h4-13H,1-3H3,(H,24,26)(H,25,27). The second kappa shape index (κ2) is 8.35. The normalized spacial score (nSPS) is 10.2. The number of methoxy groups -OCH3 is 1. The topological polar surface area (TPSA) is 80.3 Å². The van der Waals surface area contributed by atoms with Crippen LogP contribution in [0.5, 0.6) is 5.75 Å². The lowest BCUT2D eigenvalue weighted by atomic mass is 10.1. The minimum Gasteiger partial charge on any atom is -0.495 e. The van der Waals surface area contributed by atoms with Gasteiger partial charge in [-0.3, -0.25) is 14.6 Å². The van der Waals surface area contributed by atoms with Gasteiger partial charge < -0.3 is 15.4 Å². The number of anilines is 2. The molecule has 1 aromatic heterocycles. The molecular weight excluding hydrogens is 354 g/mol. The number of pyridine rings is 1. The van der Waals surface area contributed by atoms with Crippen molar-refractivity contribution in [2.45, 2.75) is 13.8 Å². The Morgan fingerprint density at radius 2 is 1.61 bits per heavy atom. The molecule has 0 radical (unpaired) electrons. The van der Waals surface area contributed by atoms with Crippen molar-refractivity contribution in [3.05, 3.63) is 83.2 Å². The number of rotatable bonds is 5. The minimum absolute atomic E-state index is 0.138. The molecule has 6 heteroatoms. The molecule has 3 aromatic rings. The molecule has 6 nitrogen and oxygen atoms in total. The zero-order chi connectivity index (χ0) is 20.1. The van der Waals surface area contributed by atoms with Crippen molar-refractivity contribution >= 4 is 23.2 Å². The van der Waals surface area contributed by atoms with Gasteiger partial charge in [-0.25, -0.2) is 0 Å². The molecule has 0 aliphatic carbocycles. The second-order valence-electron chi connectivity index (χ2n) is 6.29. The fraction of sp³-hybridized carbons (Fsp3) is 0.136. The molecule has 0 unspecified atom stereocenters. The zero-order valence-electron chi connectivity index (χ0n) is 15.9. The van der Waals surface area contributed by atoms with Gasteiger partial charge in [-0.2, -0.15) is 0 Å². The molecule has 0 aliphatic rings. The van der Waals surface area contributed by atoms with Crippen LogP contribution in [0.15, 0.2) is 60.8 Å². The summed E-state index contributed by atoms with van der Waals surface area (Å²) in [5, 5.41) is 5.64. The number of aromatic nitrogens is 1. The molecular formula is C22H21N3O3. The molecule has 0 fully saturated rings. The van der Waals surface area contributed by atoms with Gasteiger partial charge in [0.05, 0.1) is 12.8 Å². The zero-order valence-corrected chi connectivity index (χ0v) is 15.9. The third-order valence-corrected chi connectivity index (χ3v) is 4.46. The predicted octanol–water partition coefficient (Wildman–Crippen LogP) is 4.21. The Kier molecular flexibility index (Phi) is 5.69. The number of benzene rings is 2. The van der Waals surface area contributed by atoms with Crippen LogP contribution < -0.4 is 15.4 Å². The number of hydrogen-bond acceptors (Lipinski definition) is 4. The largest absolute Gasteiger partial charge is 0.495 e. The number of nitrogens with one attached hydrogen (secondary N) is 2. The van der Waals surface area contributed by atoms with Gasteiger partial charge >= 0.3 is 0 Å². The summed E-state index contributed by atoms with van der Waals surface area (Å²) in [4.78, 5) is 29.3. The van der Waals surface area contributed by atoms with Gasteiger partial charge in [-0.05, 0) is 55.3 Å². The van der Waals surface area contributed by atoms with Crippen molar-refractivity contribution < 1.29 is 14.3 Å². The van der Waals surface area contributed by atoms with Crippen LogP contribution >= 0.6 is 0 Å². The first kappa shape index (κ1) is 19.1. The number of amides is 2. The number of aryl methyl sites for hydroxylation is 1. The predicted molar refractivity (Wildman–Crippen MR) is 109 cm³/mol. The Morgan fingerprint density at radius 1 is 0.893 bits per heavy atom. The Labute approximate surface area is 163 Å². The lowest BCUT2D eigenvalue weighted by Gasteiger charge is -2.11. The van der Waals surface area contributed by atoms with Crippen LogP contribution in [0.25, 0.3) is 0 Å². The maximum absolute atomic E-state index is 12.6. The van der Waals surface area contributed by atoms with E-state index in [-0.39, 0.29) is 11.6 Å². The summed E-state index contributed by atoms with van der Waals surface area (Å²) in [6, 6.07) is 15.8. The summed E-state index contributed by atoms with van der Waals surface area (Å²) in [7, 11) is 1.53. The van der Waals surface area contributed by atoms with Crippen molar-refractivity contribution in [2.24, 2.45) is 0 Å². The van der Waals surface area contributed by atoms with E-state index in [2.05, 4.69) is 15.6 Å². The highest BCUT2D eigenvalue weighted by molar-refractivity contribution is 6.08. The first-order chi connectivity index (χ1) is 13.5. The summed E-state index contributed by atoms with van der Waals surface area (Å²) in [6.07, 6.45) is 1.44. The molecule has 142 valence electrons. The van der Waals surface area contributed by atoms with E-state index in [4.69, 9.17) is 4.74 Å². The lowest BCUT2D eigenvalue weighted by Crippen LogP contribution is -2.17. The van der Waals surface area contributed by atoms with E-state index in [1.807, 2.05) is 38.1 Å². The molecule has 0 bridgehead atoms. The molecule has 2 N–H and O–H groups in total. The monoisotopic (exact) mass is 375 g/mol. The molecule has 2 aromatic carbocycles. The van der Waals surface area contributed by atoms with Crippen molar-refractivity contribution in [3.63, 3.8) is 0 Å². The van der Waals surface area contributed by atoms with Crippen LogP contribution in [0.1, 0.15) is 32.0 Å². The first-order valence-corrected chi connectivity index (χ1v) is 8.77. The fourth-order valence-corrected chi connectivity index (χ4v) is 2.71. The SMILES string of the molecule is COc1ccccc1NC(=O)c1cc(C(=O)Nc2cccc(C)c2C)ccn1. The van der Waals surface area contributed by atoms with Crippen LogP contribution in [0.4, 0.5) is 11.4 Å². The van der Waals surface area contributed by atoms with Crippen LogP contribution in [-0.4, -0.2) is 23.9 Å². The van der Waals surface area contributed by atoms with E-state index in [0.29, 0.717) is 17.0 Å². The smallest absolute Gasteiger partial charge is 0.274 e. The number of ether oxygens (including phenoxy) is 1.